The van der Waals surface area contributed by atoms with Gasteiger partial charge in [0.25, 0.3) is 0 Å². The molecule has 98 valence electrons. The highest BCUT2D eigenvalue weighted by Gasteiger charge is 2.07. The molecule has 0 saturated heterocycles. The minimum Gasteiger partial charge on any atom is -0.293 e. The highest BCUT2D eigenvalue weighted by molar-refractivity contribution is 8.00. The fourth-order valence-corrected chi connectivity index (χ4v) is 2.60. The molecule has 0 atom stereocenters. The van der Waals surface area contributed by atoms with Crippen molar-refractivity contribution in [3.05, 3.63) is 64.2 Å². The maximum Gasteiger partial charge on any atom is 0.173 e. The van der Waals surface area contributed by atoms with Crippen molar-refractivity contribution in [3.63, 3.8) is 0 Å². The quantitative estimate of drug-likeness (QED) is 0.586. The molecule has 0 radical (unpaired) electrons. The minimum atomic E-state index is 0.156. The van der Waals surface area contributed by atoms with Crippen LogP contribution in [-0.2, 0) is 0 Å². The molecule has 2 aromatic carbocycles. The average molecular weight is 291 g/mol. The number of carbonyl (C=O) groups is 1. The van der Waals surface area contributed by atoms with E-state index in [1.54, 1.807) is 0 Å². The summed E-state index contributed by atoms with van der Waals surface area (Å²) < 4.78 is 0. The van der Waals surface area contributed by atoms with E-state index in [1.807, 2.05) is 56.3 Å². The van der Waals surface area contributed by atoms with Crippen molar-refractivity contribution in [1.29, 1.82) is 0 Å². The van der Waals surface area contributed by atoms with Crippen LogP contribution in [0.25, 0.3) is 0 Å². The van der Waals surface area contributed by atoms with Gasteiger partial charge in [0.2, 0.25) is 0 Å². The lowest BCUT2D eigenvalue weighted by molar-refractivity contribution is 0.102. The smallest absolute Gasteiger partial charge is 0.173 e. The summed E-state index contributed by atoms with van der Waals surface area (Å²) in [6.07, 6.45) is 0. The van der Waals surface area contributed by atoms with Crippen LogP contribution in [0.3, 0.4) is 0 Å². The first-order valence-corrected chi connectivity index (χ1v) is 7.41. The third-order valence-electron chi connectivity index (χ3n) is 3.01. The van der Waals surface area contributed by atoms with Gasteiger partial charge in [-0.25, -0.2) is 0 Å². The van der Waals surface area contributed by atoms with Crippen molar-refractivity contribution in [2.45, 2.75) is 18.7 Å². The first-order chi connectivity index (χ1) is 9.06. The van der Waals surface area contributed by atoms with Crippen molar-refractivity contribution < 1.29 is 4.79 Å². The Morgan fingerprint density at radius 3 is 2.37 bits per heavy atom. The normalized spacial score (nSPS) is 10.5. The second kappa shape index (κ2) is 6.27. The van der Waals surface area contributed by atoms with Crippen LogP contribution in [-0.4, -0.2) is 11.5 Å². The van der Waals surface area contributed by atoms with Crippen LogP contribution in [0.5, 0.6) is 0 Å². The molecule has 0 aliphatic rings. The third-order valence-corrected chi connectivity index (χ3v) is 4.28. The Kier molecular flexibility index (Phi) is 4.67. The number of hydrogen-bond acceptors (Lipinski definition) is 2. The van der Waals surface area contributed by atoms with E-state index in [2.05, 4.69) is 0 Å². The molecule has 0 aliphatic carbocycles. The molecular weight excluding hydrogens is 276 g/mol. The molecule has 0 bridgehead atoms. The number of carbonyl (C=O) groups excluding carboxylic acids is 1. The van der Waals surface area contributed by atoms with Gasteiger partial charge in [-0.2, -0.15) is 0 Å². The van der Waals surface area contributed by atoms with Crippen molar-refractivity contribution >= 4 is 29.1 Å². The van der Waals surface area contributed by atoms with Crippen LogP contribution in [0, 0.1) is 13.8 Å². The standard InChI is InChI=1S/C16H15ClOS/c1-11-3-4-13(9-12(11)2)16(18)10-19-15-7-5-14(17)6-8-15/h3-9H,10H2,1-2H3. The van der Waals surface area contributed by atoms with Gasteiger partial charge in [-0.05, 0) is 55.3 Å². The van der Waals surface area contributed by atoms with Gasteiger partial charge >= 0.3 is 0 Å². The molecule has 3 heteroatoms. The number of halogens is 1. The van der Waals surface area contributed by atoms with Crippen LogP contribution in [0.1, 0.15) is 21.5 Å². The van der Waals surface area contributed by atoms with Gasteiger partial charge in [0.15, 0.2) is 5.78 Å². The predicted molar refractivity (Wildman–Crippen MR) is 82.4 cm³/mol. The summed E-state index contributed by atoms with van der Waals surface area (Å²) in [7, 11) is 0. The number of rotatable bonds is 4. The second-order valence-corrected chi connectivity index (χ2v) is 5.95. The number of ketones is 1. The summed E-state index contributed by atoms with van der Waals surface area (Å²) in [6, 6.07) is 13.4. The van der Waals surface area contributed by atoms with Gasteiger partial charge in [-0.1, -0.05) is 23.7 Å². The first kappa shape index (κ1) is 14.2. The van der Waals surface area contributed by atoms with Crippen LogP contribution in [0.2, 0.25) is 5.02 Å². The summed E-state index contributed by atoms with van der Waals surface area (Å²) in [6.45, 7) is 4.07. The zero-order valence-electron chi connectivity index (χ0n) is 10.9. The lowest BCUT2D eigenvalue weighted by Crippen LogP contribution is -2.03. The van der Waals surface area contributed by atoms with Gasteiger partial charge in [0, 0.05) is 15.5 Å². The Hall–Kier alpha value is -1.25. The van der Waals surface area contributed by atoms with Crippen molar-refractivity contribution in [1.82, 2.24) is 0 Å². The summed E-state index contributed by atoms with van der Waals surface area (Å²) in [5, 5.41) is 0.713. The summed E-state index contributed by atoms with van der Waals surface area (Å²) in [5.74, 6) is 0.604. The Labute approximate surface area is 123 Å². The minimum absolute atomic E-state index is 0.156. The highest BCUT2D eigenvalue weighted by atomic mass is 35.5. The monoisotopic (exact) mass is 290 g/mol. The molecule has 0 N–H and O–H groups in total. The maximum absolute atomic E-state index is 12.1. The molecule has 0 saturated carbocycles. The largest absolute Gasteiger partial charge is 0.293 e. The number of benzene rings is 2. The summed E-state index contributed by atoms with van der Waals surface area (Å²) in [4.78, 5) is 13.2. The maximum atomic E-state index is 12.1. The molecular formula is C16H15ClOS. The van der Waals surface area contributed by atoms with Gasteiger partial charge < -0.3 is 0 Å². The summed E-state index contributed by atoms with van der Waals surface area (Å²) in [5.41, 5.74) is 3.15. The molecule has 0 fully saturated rings. The second-order valence-electron chi connectivity index (χ2n) is 4.46. The Morgan fingerprint density at radius 2 is 1.74 bits per heavy atom. The van der Waals surface area contributed by atoms with E-state index in [-0.39, 0.29) is 5.78 Å². The Bertz CT molecular complexity index is 590. The molecule has 0 spiro atoms. The summed E-state index contributed by atoms with van der Waals surface area (Å²) >= 11 is 7.36. The van der Waals surface area contributed by atoms with E-state index in [0.29, 0.717) is 10.8 Å². The lowest BCUT2D eigenvalue weighted by atomic mass is 10.0. The van der Waals surface area contributed by atoms with E-state index in [4.69, 9.17) is 11.6 Å². The molecule has 0 heterocycles. The van der Waals surface area contributed by atoms with E-state index >= 15 is 0 Å². The van der Waals surface area contributed by atoms with Crippen LogP contribution < -0.4 is 0 Å². The molecule has 19 heavy (non-hydrogen) atoms. The molecule has 0 aromatic heterocycles. The molecule has 2 rings (SSSR count). The van der Waals surface area contributed by atoms with Crippen molar-refractivity contribution in [3.8, 4) is 0 Å². The molecule has 2 aromatic rings. The fourth-order valence-electron chi connectivity index (χ4n) is 1.68. The molecule has 1 nitrogen and oxygen atoms in total. The number of hydrogen-bond donors (Lipinski definition) is 0. The van der Waals surface area contributed by atoms with Gasteiger partial charge in [0.1, 0.15) is 0 Å². The van der Waals surface area contributed by atoms with Gasteiger partial charge in [-0.15, -0.1) is 11.8 Å². The van der Waals surface area contributed by atoms with Gasteiger partial charge in [0.05, 0.1) is 5.75 Å². The first-order valence-electron chi connectivity index (χ1n) is 6.05. The van der Waals surface area contributed by atoms with E-state index < -0.39 is 0 Å². The topological polar surface area (TPSA) is 17.1 Å². The highest BCUT2D eigenvalue weighted by Crippen LogP contribution is 2.21. The van der Waals surface area contributed by atoms with Crippen molar-refractivity contribution in [2.75, 3.05) is 5.75 Å². The van der Waals surface area contributed by atoms with Crippen LogP contribution in [0.15, 0.2) is 47.4 Å². The lowest BCUT2D eigenvalue weighted by Gasteiger charge is -2.05. The molecule has 0 amide bonds. The number of aryl methyl sites for hydroxylation is 2. The SMILES string of the molecule is Cc1ccc(C(=O)CSc2ccc(Cl)cc2)cc1C. The molecule has 0 unspecified atom stereocenters. The zero-order chi connectivity index (χ0) is 13.8. The molecule has 0 aliphatic heterocycles. The fraction of sp³-hybridized carbons (Fsp3) is 0.188. The Balaban J connectivity index is 2.01. The predicted octanol–water partition coefficient (Wildman–Crippen LogP) is 4.93. The zero-order valence-corrected chi connectivity index (χ0v) is 12.5. The third kappa shape index (κ3) is 3.85. The van der Waals surface area contributed by atoms with E-state index in [1.165, 1.54) is 17.3 Å². The number of thioether (sulfide) groups is 1. The van der Waals surface area contributed by atoms with Crippen molar-refractivity contribution in [2.24, 2.45) is 0 Å². The number of Topliss-reactive ketones (excluding diaryl/α,β-unsaturated/α-hetero) is 1. The average Bonchev–Trinajstić information content (AvgIpc) is 2.41. The van der Waals surface area contributed by atoms with Crippen LogP contribution in [0.4, 0.5) is 0 Å². The van der Waals surface area contributed by atoms with Gasteiger partial charge in [-0.3, -0.25) is 4.79 Å². The Morgan fingerprint density at radius 1 is 1.05 bits per heavy atom. The van der Waals surface area contributed by atoms with Crippen LogP contribution >= 0.6 is 23.4 Å². The van der Waals surface area contributed by atoms with E-state index in [0.717, 1.165) is 16.0 Å². The van der Waals surface area contributed by atoms with E-state index in [9.17, 15) is 4.79 Å².